The van der Waals surface area contributed by atoms with E-state index < -0.39 is 0 Å². The van der Waals surface area contributed by atoms with Gasteiger partial charge in [-0.1, -0.05) is 31.2 Å². The van der Waals surface area contributed by atoms with Crippen molar-refractivity contribution in [1.29, 1.82) is 0 Å². The standard InChI is InChI=1S/C14H14O2/c1-3-11-8-9-13(16-11)14(15)12-7-5-4-6-10(12)2/h4-9H,3H2,1-2H3. The number of hydrogen-bond donors (Lipinski definition) is 0. The second kappa shape index (κ2) is 4.35. The van der Waals surface area contributed by atoms with Crippen molar-refractivity contribution < 1.29 is 9.21 Å². The van der Waals surface area contributed by atoms with Gasteiger partial charge in [-0.25, -0.2) is 0 Å². The van der Waals surface area contributed by atoms with Gasteiger partial charge in [0, 0.05) is 12.0 Å². The summed E-state index contributed by atoms with van der Waals surface area (Å²) in [5.74, 6) is 1.22. The number of carbonyl (C=O) groups excluding carboxylic acids is 1. The van der Waals surface area contributed by atoms with E-state index in [0.29, 0.717) is 11.3 Å². The summed E-state index contributed by atoms with van der Waals surface area (Å²) >= 11 is 0. The molecule has 2 aromatic rings. The molecule has 1 heterocycles. The number of hydrogen-bond acceptors (Lipinski definition) is 2. The Labute approximate surface area is 94.9 Å². The third-order valence-corrected chi connectivity index (χ3v) is 2.62. The molecule has 0 fully saturated rings. The number of aryl methyl sites for hydroxylation is 2. The molecular formula is C14H14O2. The highest BCUT2D eigenvalue weighted by Gasteiger charge is 2.14. The summed E-state index contributed by atoms with van der Waals surface area (Å²) in [4.78, 5) is 12.1. The summed E-state index contributed by atoms with van der Waals surface area (Å²) in [6.45, 7) is 3.93. The van der Waals surface area contributed by atoms with Gasteiger partial charge >= 0.3 is 0 Å². The quantitative estimate of drug-likeness (QED) is 0.733. The maximum atomic E-state index is 12.1. The zero-order valence-corrected chi connectivity index (χ0v) is 9.49. The second-order valence-electron chi connectivity index (χ2n) is 3.76. The fourth-order valence-corrected chi connectivity index (χ4v) is 1.65. The van der Waals surface area contributed by atoms with Crippen molar-refractivity contribution in [2.24, 2.45) is 0 Å². The van der Waals surface area contributed by atoms with Gasteiger partial charge < -0.3 is 4.42 Å². The van der Waals surface area contributed by atoms with E-state index in [9.17, 15) is 4.79 Å². The summed E-state index contributed by atoms with van der Waals surface area (Å²) in [6.07, 6.45) is 0.807. The van der Waals surface area contributed by atoms with E-state index in [-0.39, 0.29) is 5.78 Å². The smallest absolute Gasteiger partial charge is 0.228 e. The SMILES string of the molecule is CCc1ccc(C(=O)c2ccccc2C)o1. The summed E-state index contributed by atoms with van der Waals surface area (Å²) in [5.41, 5.74) is 1.68. The van der Waals surface area contributed by atoms with E-state index in [1.54, 1.807) is 6.07 Å². The molecule has 0 amide bonds. The highest BCUT2D eigenvalue weighted by Crippen LogP contribution is 2.16. The number of furan rings is 1. The van der Waals surface area contributed by atoms with Gasteiger partial charge in [-0.05, 0) is 24.6 Å². The van der Waals surface area contributed by atoms with Gasteiger partial charge in [-0.3, -0.25) is 4.79 Å². The monoisotopic (exact) mass is 214 g/mol. The third kappa shape index (κ3) is 1.91. The van der Waals surface area contributed by atoms with E-state index >= 15 is 0 Å². The summed E-state index contributed by atoms with van der Waals surface area (Å²) in [6, 6.07) is 11.1. The number of benzene rings is 1. The van der Waals surface area contributed by atoms with E-state index in [1.165, 1.54) is 0 Å². The predicted octanol–water partition coefficient (Wildman–Crippen LogP) is 3.38. The van der Waals surface area contributed by atoms with Crippen LogP contribution >= 0.6 is 0 Å². The van der Waals surface area contributed by atoms with E-state index in [0.717, 1.165) is 17.7 Å². The van der Waals surface area contributed by atoms with E-state index in [2.05, 4.69) is 0 Å². The van der Waals surface area contributed by atoms with Crippen LogP contribution in [-0.4, -0.2) is 5.78 Å². The normalized spacial score (nSPS) is 10.4. The minimum atomic E-state index is -0.0437. The Morgan fingerprint density at radius 3 is 2.56 bits per heavy atom. The van der Waals surface area contributed by atoms with Crippen molar-refractivity contribution >= 4 is 5.78 Å². The lowest BCUT2D eigenvalue weighted by molar-refractivity contribution is 0.101. The lowest BCUT2D eigenvalue weighted by Gasteiger charge is -2.01. The number of ketones is 1. The van der Waals surface area contributed by atoms with Crippen LogP contribution < -0.4 is 0 Å². The maximum absolute atomic E-state index is 12.1. The van der Waals surface area contributed by atoms with Gasteiger partial charge in [-0.2, -0.15) is 0 Å². The van der Waals surface area contributed by atoms with Gasteiger partial charge in [-0.15, -0.1) is 0 Å². The number of rotatable bonds is 3. The largest absolute Gasteiger partial charge is 0.458 e. The topological polar surface area (TPSA) is 30.2 Å². The maximum Gasteiger partial charge on any atom is 0.228 e. The Kier molecular flexibility index (Phi) is 2.91. The van der Waals surface area contributed by atoms with Crippen LogP contribution in [0.2, 0.25) is 0 Å². The summed E-state index contributed by atoms with van der Waals surface area (Å²) in [5, 5.41) is 0. The molecule has 0 spiro atoms. The zero-order valence-electron chi connectivity index (χ0n) is 9.49. The van der Waals surface area contributed by atoms with E-state index in [1.807, 2.05) is 44.2 Å². The van der Waals surface area contributed by atoms with Gasteiger partial charge in [0.05, 0.1) is 0 Å². The molecular weight excluding hydrogens is 200 g/mol. The lowest BCUT2D eigenvalue weighted by atomic mass is 10.0. The Morgan fingerprint density at radius 1 is 1.19 bits per heavy atom. The molecule has 0 unspecified atom stereocenters. The van der Waals surface area contributed by atoms with Crippen molar-refractivity contribution in [2.45, 2.75) is 20.3 Å². The van der Waals surface area contributed by atoms with E-state index in [4.69, 9.17) is 4.42 Å². The summed E-state index contributed by atoms with van der Waals surface area (Å²) in [7, 11) is 0. The van der Waals surface area contributed by atoms with Crippen LogP contribution in [0.5, 0.6) is 0 Å². The number of carbonyl (C=O) groups is 1. The van der Waals surface area contributed by atoms with Gasteiger partial charge in [0.25, 0.3) is 0 Å². The van der Waals surface area contributed by atoms with Crippen molar-refractivity contribution in [3.05, 3.63) is 59.0 Å². The first kappa shape index (κ1) is 10.7. The van der Waals surface area contributed by atoms with Crippen molar-refractivity contribution in [3.8, 4) is 0 Å². The molecule has 1 aromatic carbocycles. The first-order valence-corrected chi connectivity index (χ1v) is 5.41. The Hall–Kier alpha value is -1.83. The van der Waals surface area contributed by atoms with Crippen LogP contribution in [0.1, 0.15) is 34.4 Å². The molecule has 0 atom stereocenters. The molecule has 2 heteroatoms. The highest BCUT2D eigenvalue weighted by molar-refractivity contribution is 6.08. The van der Waals surface area contributed by atoms with Crippen molar-refractivity contribution in [1.82, 2.24) is 0 Å². The molecule has 0 aliphatic rings. The summed E-state index contributed by atoms with van der Waals surface area (Å²) < 4.78 is 5.45. The molecule has 0 bridgehead atoms. The third-order valence-electron chi connectivity index (χ3n) is 2.62. The minimum Gasteiger partial charge on any atom is -0.458 e. The fraction of sp³-hybridized carbons (Fsp3) is 0.214. The molecule has 16 heavy (non-hydrogen) atoms. The average Bonchev–Trinajstić information content (AvgIpc) is 2.77. The van der Waals surface area contributed by atoms with Crippen LogP contribution in [-0.2, 0) is 6.42 Å². The van der Waals surface area contributed by atoms with Crippen molar-refractivity contribution in [3.63, 3.8) is 0 Å². The Balaban J connectivity index is 2.35. The first-order valence-electron chi connectivity index (χ1n) is 5.41. The minimum absolute atomic E-state index is 0.0437. The molecule has 0 aliphatic carbocycles. The molecule has 2 nitrogen and oxygen atoms in total. The molecule has 1 aromatic heterocycles. The highest BCUT2D eigenvalue weighted by atomic mass is 16.3. The van der Waals surface area contributed by atoms with Gasteiger partial charge in [0.15, 0.2) is 5.76 Å². The molecule has 2 rings (SSSR count). The van der Waals surface area contributed by atoms with Crippen LogP contribution in [0.25, 0.3) is 0 Å². The second-order valence-corrected chi connectivity index (χ2v) is 3.76. The molecule has 0 aliphatic heterocycles. The van der Waals surface area contributed by atoms with Crippen molar-refractivity contribution in [2.75, 3.05) is 0 Å². The van der Waals surface area contributed by atoms with Gasteiger partial charge in [0.2, 0.25) is 5.78 Å². The van der Waals surface area contributed by atoms with Crippen LogP contribution in [0.4, 0.5) is 0 Å². The fourth-order valence-electron chi connectivity index (χ4n) is 1.65. The molecule has 0 saturated heterocycles. The molecule has 0 N–H and O–H groups in total. The van der Waals surface area contributed by atoms with Gasteiger partial charge in [0.1, 0.15) is 5.76 Å². The lowest BCUT2D eigenvalue weighted by Crippen LogP contribution is -2.01. The molecule has 82 valence electrons. The molecule has 0 radical (unpaired) electrons. The van der Waals surface area contributed by atoms with Crippen LogP contribution in [0, 0.1) is 6.92 Å². The first-order chi connectivity index (χ1) is 7.72. The zero-order chi connectivity index (χ0) is 11.5. The average molecular weight is 214 g/mol. The van der Waals surface area contributed by atoms with Crippen LogP contribution in [0.15, 0.2) is 40.8 Å². The Bertz CT molecular complexity index is 509. The molecule has 0 saturated carbocycles. The predicted molar refractivity (Wildman–Crippen MR) is 62.7 cm³/mol. The Morgan fingerprint density at radius 2 is 1.94 bits per heavy atom. The van der Waals surface area contributed by atoms with Crippen LogP contribution in [0.3, 0.4) is 0 Å².